The molecule has 1 spiro atoms. The number of hydrogen-bond donors (Lipinski definition) is 2. The minimum absolute atomic E-state index is 0.106. The molecular formula is C25H32ClN7O2S. The van der Waals surface area contributed by atoms with Crippen LogP contribution >= 0.6 is 23.4 Å². The summed E-state index contributed by atoms with van der Waals surface area (Å²) in [5.74, 6) is 1.18. The number of nitrogen functional groups attached to an aromatic ring is 1. The molecule has 1 aliphatic heterocycles. The Kier molecular flexibility index (Phi) is 6.67. The molecule has 0 unspecified atom stereocenters. The standard InChI is InChI=1S/C25H32ClN7O2S/c1-24(2,3)35-23(34)31-18-5-4-7-25(18)8-12-32(13-9-25)22-30-15-17(21-29-11-14-33(21)22)36-16-6-10-28-20(27)19(16)26/h6,10-11,14-15,18H,4-5,7-9,12-13H2,1-3H3,(H2,27,28)(H,31,34)/t18-/m1/s1. The molecule has 1 saturated heterocycles. The van der Waals surface area contributed by atoms with Crippen LogP contribution in [0.15, 0.2) is 40.6 Å². The fraction of sp³-hybridized carbons (Fsp3) is 0.520. The van der Waals surface area contributed by atoms with Crippen LogP contribution in [0.3, 0.4) is 0 Å². The van der Waals surface area contributed by atoms with Gasteiger partial charge in [0.25, 0.3) is 0 Å². The summed E-state index contributed by atoms with van der Waals surface area (Å²) in [5, 5.41) is 3.61. The number of nitrogens with one attached hydrogen (secondary N) is 1. The Bertz CT molecular complexity index is 1270. The zero-order chi connectivity index (χ0) is 25.5. The van der Waals surface area contributed by atoms with Crippen molar-refractivity contribution in [1.82, 2.24) is 24.7 Å². The molecule has 1 aliphatic carbocycles. The Morgan fingerprint density at radius 1 is 1.19 bits per heavy atom. The number of imidazole rings is 1. The van der Waals surface area contributed by atoms with E-state index in [0.29, 0.717) is 10.8 Å². The number of alkyl carbamates (subject to hydrolysis) is 1. The summed E-state index contributed by atoms with van der Waals surface area (Å²) in [7, 11) is 0. The second-order valence-electron chi connectivity index (χ2n) is 10.6. The van der Waals surface area contributed by atoms with Gasteiger partial charge in [0.05, 0.1) is 9.92 Å². The lowest BCUT2D eigenvalue weighted by atomic mass is 9.74. The largest absolute Gasteiger partial charge is 0.444 e. The monoisotopic (exact) mass is 529 g/mol. The van der Waals surface area contributed by atoms with Gasteiger partial charge in [0.1, 0.15) is 11.4 Å². The van der Waals surface area contributed by atoms with E-state index in [1.807, 2.05) is 43.6 Å². The Morgan fingerprint density at radius 2 is 1.97 bits per heavy atom. The van der Waals surface area contributed by atoms with Crippen LogP contribution in [0.5, 0.6) is 0 Å². The first-order chi connectivity index (χ1) is 17.2. The zero-order valence-corrected chi connectivity index (χ0v) is 22.4. The average Bonchev–Trinajstić information content (AvgIpc) is 3.45. The van der Waals surface area contributed by atoms with Crippen molar-refractivity contribution in [2.45, 2.75) is 74.3 Å². The summed E-state index contributed by atoms with van der Waals surface area (Å²) >= 11 is 7.83. The van der Waals surface area contributed by atoms with Crippen molar-refractivity contribution in [3.05, 3.63) is 35.9 Å². The molecule has 3 aromatic rings. The van der Waals surface area contributed by atoms with Crippen molar-refractivity contribution in [3.63, 3.8) is 0 Å². The first-order valence-electron chi connectivity index (χ1n) is 12.3. The number of nitrogens with two attached hydrogens (primary N) is 1. The molecule has 0 bridgehead atoms. The highest BCUT2D eigenvalue weighted by Gasteiger charge is 2.46. The molecule has 192 valence electrons. The van der Waals surface area contributed by atoms with Crippen LogP contribution in [0.25, 0.3) is 5.65 Å². The van der Waals surface area contributed by atoms with Gasteiger partial charge in [-0.05, 0) is 57.9 Å². The van der Waals surface area contributed by atoms with Crippen LogP contribution in [-0.4, -0.2) is 50.2 Å². The van der Waals surface area contributed by atoms with Crippen molar-refractivity contribution < 1.29 is 9.53 Å². The highest BCUT2D eigenvalue weighted by Crippen LogP contribution is 2.47. The molecule has 0 aromatic carbocycles. The van der Waals surface area contributed by atoms with Gasteiger partial charge in [0.2, 0.25) is 5.95 Å². The van der Waals surface area contributed by atoms with Crippen molar-refractivity contribution in [1.29, 1.82) is 0 Å². The van der Waals surface area contributed by atoms with Gasteiger partial charge in [0.15, 0.2) is 5.65 Å². The third kappa shape index (κ3) is 4.93. The Hall–Kier alpha value is -2.72. The van der Waals surface area contributed by atoms with Gasteiger partial charge in [-0.2, -0.15) is 0 Å². The fourth-order valence-corrected chi connectivity index (χ4v) is 6.53. The van der Waals surface area contributed by atoms with Crippen LogP contribution in [0.1, 0.15) is 52.9 Å². The van der Waals surface area contributed by atoms with E-state index < -0.39 is 5.60 Å². The van der Waals surface area contributed by atoms with Gasteiger partial charge in [-0.15, -0.1) is 0 Å². The molecule has 3 aromatic heterocycles. The van der Waals surface area contributed by atoms with Crippen molar-refractivity contribution >= 4 is 46.9 Å². The third-order valence-electron chi connectivity index (χ3n) is 7.11. The maximum Gasteiger partial charge on any atom is 0.407 e. The number of fused-ring (bicyclic) bond motifs is 1. The smallest absolute Gasteiger partial charge is 0.407 e. The zero-order valence-electron chi connectivity index (χ0n) is 20.8. The van der Waals surface area contributed by atoms with Gasteiger partial charge >= 0.3 is 6.09 Å². The average molecular weight is 530 g/mol. The molecule has 2 aliphatic rings. The van der Waals surface area contributed by atoms with Gasteiger partial charge in [-0.1, -0.05) is 29.8 Å². The maximum absolute atomic E-state index is 12.5. The number of aromatic nitrogens is 4. The Morgan fingerprint density at radius 3 is 2.72 bits per heavy atom. The highest BCUT2D eigenvalue weighted by atomic mass is 35.5. The van der Waals surface area contributed by atoms with Gasteiger partial charge in [-0.25, -0.2) is 19.7 Å². The SMILES string of the molecule is CC(C)(C)OC(=O)N[C@@H]1CCCC12CCN(c1ncc(Sc3ccnc(N)c3Cl)c3nccn13)CC2. The highest BCUT2D eigenvalue weighted by molar-refractivity contribution is 7.99. The summed E-state index contributed by atoms with van der Waals surface area (Å²) < 4.78 is 7.56. The predicted octanol–water partition coefficient (Wildman–Crippen LogP) is 5.17. The lowest BCUT2D eigenvalue weighted by Gasteiger charge is -2.43. The molecule has 0 radical (unpaired) electrons. The van der Waals surface area contributed by atoms with Crippen LogP contribution in [-0.2, 0) is 4.74 Å². The lowest BCUT2D eigenvalue weighted by Crippen LogP contribution is -2.51. The summed E-state index contributed by atoms with van der Waals surface area (Å²) in [4.78, 5) is 29.9. The number of halogens is 1. The molecule has 11 heteroatoms. The van der Waals surface area contributed by atoms with Crippen LogP contribution in [0.4, 0.5) is 16.6 Å². The molecule has 4 heterocycles. The number of amides is 1. The molecule has 5 rings (SSSR count). The summed E-state index contributed by atoms with van der Waals surface area (Å²) in [6.07, 6.45) is 12.1. The number of hydrogen-bond acceptors (Lipinski definition) is 8. The van der Waals surface area contributed by atoms with Gasteiger partial charge < -0.3 is 20.7 Å². The molecule has 1 saturated carbocycles. The van der Waals surface area contributed by atoms with E-state index in [0.717, 1.165) is 66.6 Å². The number of anilines is 2. The second-order valence-corrected chi connectivity index (χ2v) is 12.1. The minimum Gasteiger partial charge on any atom is -0.444 e. The van der Waals surface area contributed by atoms with E-state index in [2.05, 4.69) is 20.2 Å². The number of nitrogens with zero attached hydrogens (tertiary/aromatic N) is 5. The Labute approximate surface area is 220 Å². The molecular weight excluding hydrogens is 498 g/mol. The van der Waals surface area contributed by atoms with Gasteiger partial charge in [0, 0.05) is 48.8 Å². The topological polar surface area (TPSA) is 111 Å². The first-order valence-corrected chi connectivity index (χ1v) is 13.5. The number of pyridine rings is 1. The number of carbonyl (C=O) groups excluding carboxylic acids is 1. The number of piperidine rings is 1. The third-order valence-corrected chi connectivity index (χ3v) is 8.69. The second kappa shape index (κ2) is 9.63. The van der Waals surface area contributed by atoms with Crippen molar-refractivity contribution in [2.24, 2.45) is 5.41 Å². The van der Waals surface area contributed by atoms with Crippen LogP contribution < -0.4 is 16.0 Å². The van der Waals surface area contributed by atoms with Crippen molar-refractivity contribution in [2.75, 3.05) is 23.7 Å². The van der Waals surface area contributed by atoms with E-state index >= 15 is 0 Å². The predicted molar refractivity (Wildman–Crippen MR) is 142 cm³/mol. The maximum atomic E-state index is 12.5. The van der Waals surface area contributed by atoms with E-state index in [1.54, 1.807) is 12.4 Å². The van der Waals surface area contributed by atoms with Crippen LogP contribution in [0, 0.1) is 5.41 Å². The summed E-state index contributed by atoms with van der Waals surface area (Å²) in [6.45, 7) is 7.41. The number of rotatable bonds is 4. The normalized spacial score (nSPS) is 19.7. The number of carbonyl (C=O) groups is 1. The molecule has 3 N–H and O–H groups in total. The lowest BCUT2D eigenvalue weighted by molar-refractivity contribution is 0.0442. The first kappa shape index (κ1) is 25.0. The summed E-state index contributed by atoms with van der Waals surface area (Å²) in [5.41, 5.74) is 6.30. The van der Waals surface area contributed by atoms with Gasteiger partial charge in [-0.3, -0.25) is 4.40 Å². The van der Waals surface area contributed by atoms with Crippen molar-refractivity contribution in [3.8, 4) is 0 Å². The van der Waals surface area contributed by atoms with E-state index in [4.69, 9.17) is 27.1 Å². The molecule has 36 heavy (non-hydrogen) atoms. The number of ether oxygens (including phenoxy) is 1. The molecule has 1 amide bonds. The van der Waals surface area contributed by atoms with E-state index in [-0.39, 0.29) is 17.6 Å². The van der Waals surface area contributed by atoms with E-state index in [1.165, 1.54) is 11.8 Å². The van der Waals surface area contributed by atoms with Crippen LogP contribution in [0.2, 0.25) is 5.02 Å². The molecule has 2 fully saturated rings. The summed E-state index contributed by atoms with van der Waals surface area (Å²) in [6, 6.07) is 1.98. The molecule has 1 atom stereocenters. The Balaban J connectivity index is 1.31. The van der Waals surface area contributed by atoms with E-state index in [9.17, 15) is 4.79 Å². The molecule has 9 nitrogen and oxygen atoms in total. The quantitative estimate of drug-likeness (QED) is 0.476. The fourth-order valence-electron chi connectivity index (χ4n) is 5.39. The minimum atomic E-state index is -0.499.